The zero-order chi connectivity index (χ0) is 6.06. The lowest BCUT2D eigenvalue weighted by molar-refractivity contribution is 0.354. The maximum Gasteiger partial charge on any atom is -0.0232 e. The largest absolute Gasteiger partial charge is 0.0622 e. The van der Waals surface area contributed by atoms with Crippen molar-refractivity contribution >= 4 is 0 Å². The SMILES string of the molecule is CC1CCC2CC23CC13. The van der Waals surface area contributed by atoms with Crippen LogP contribution in [0.2, 0.25) is 0 Å². The molecule has 3 rings (SSSR count). The van der Waals surface area contributed by atoms with Gasteiger partial charge >= 0.3 is 0 Å². The quantitative estimate of drug-likeness (QED) is 0.463. The van der Waals surface area contributed by atoms with Crippen LogP contribution in [-0.4, -0.2) is 0 Å². The Morgan fingerprint density at radius 1 is 1.22 bits per heavy atom. The number of rotatable bonds is 0. The van der Waals surface area contributed by atoms with Crippen molar-refractivity contribution in [2.75, 3.05) is 0 Å². The average molecular weight is 122 g/mol. The van der Waals surface area contributed by atoms with Crippen molar-refractivity contribution in [3.8, 4) is 0 Å². The minimum atomic E-state index is 0.984. The van der Waals surface area contributed by atoms with Crippen molar-refractivity contribution < 1.29 is 0 Å². The molecule has 50 valence electrons. The molecule has 0 heteroatoms. The molecule has 0 amide bonds. The van der Waals surface area contributed by atoms with Crippen molar-refractivity contribution in [2.45, 2.75) is 32.6 Å². The molecule has 0 aliphatic heterocycles. The smallest absolute Gasteiger partial charge is 0.0232 e. The van der Waals surface area contributed by atoms with Crippen LogP contribution in [0.5, 0.6) is 0 Å². The van der Waals surface area contributed by atoms with Gasteiger partial charge in [-0.1, -0.05) is 13.3 Å². The first kappa shape index (κ1) is 4.76. The van der Waals surface area contributed by atoms with Crippen molar-refractivity contribution in [2.24, 2.45) is 23.2 Å². The van der Waals surface area contributed by atoms with Crippen LogP contribution in [-0.2, 0) is 0 Å². The summed E-state index contributed by atoms with van der Waals surface area (Å²) < 4.78 is 0. The van der Waals surface area contributed by atoms with Gasteiger partial charge in [0.25, 0.3) is 0 Å². The lowest BCUT2D eigenvalue weighted by atomic mass is 9.91. The highest BCUT2D eigenvalue weighted by Gasteiger charge is 2.72. The van der Waals surface area contributed by atoms with E-state index in [9.17, 15) is 0 Å². The summed E-state index contributed by atoms with van der Waals surface area (Å²) in [6.07, 6.45) is 6.33. The van der Waals surface area contributed by atoms with Crippen molar-refractivity contribution in [3.63, 3.8) is 0 Å². The van der Waals surface area contributed by atoms with E-state index in [1.807, 2.05) is 0 Å². The monoisotopic (exact) mass is 122 g/mol. The maximum atomic E-state index is 2.45. The Hall–Kier alpha value is 0. The molecule has 0 aromatic rings. The fraction of sp³-hybridized carbons (Fsp3) is 1.00. The summed E-state index contributed by atoms with van der Waals surface area (Å²) in [7, 11) is 0. The molecule has 0 aromatic heterocycles. The standard InChI is InChI=1S/C9H14/c1-6-2-3-7-4-9(7)5-8(6)9/h6-8H,2-5H2,1H3. The van der Waals surface area contributed by atoms with E-state index in [0.29, 0.717) is 0 Å². The minimum Gasteiger partial charge on any atom is -0.0622 e. The van der Waals surface area contributed by atoms with E-state index < -0.39 is 0 Å². The zero-order valence-electron chi connectivity index (χ0n) is 6.06. The van der Waals surface area contributed by atoms with E-state index in [0.717, 1.165) is 11.3 Å². The molecule has 0 radical (unpaired) electrons. The highest BCUT2D eigenvalue weighted by molar-refractivity contribution is 5.21. The predicted molar refractivity (Wildman–Crippen MR) is 37.0 cm³/mol. The molecule has 3 fully saturated rings. The van der Waals surface area contributed by atoms with Crippen LogP contribution in [0.15, 0.2) is 0 Å². The Bertz CT molecular complexity index is 161. The van der Waals surface area contributed by atoms with Crippen molar-refractivity contribution in [1.82, 2.24) is 0 Å². The molecule has 0 bridgehead atoms. The molecular weight excluding hydrogens is 108 g/mol. The van der Waals surface area contributed by atoms with Gasteiger partial charge < -0.3 is 0 Å². The Morgan fingerprint density at radius 3 is 2.89 bits per heavy atom. The highest BCUT2D eigenvalue weighted by Crippen LogP contribution is 2.80. The van der Waals surface area contributed by atoms with Crippen LogP contribution in [0.25, 0.3) is 0 Å². The number of hydrogen-bond donors (Lipinski definition) is 0. The molecule has 0 aromatic carbocycles. The van der Waals surface area contributed by atoms with Crippen LogP contribution >= 0.6 is 0 Å². The Balaban J connectivity index is 1.91. The summed E-state index contributed by atoms with van der Waals surface area (Å²) in [5.74, 6) is 3.48. The minimum absolute atomic E-state index is 0.984. The Labute approximate surface area is 56.6 Å². The topological polar surface area (TPSA) is 0 Å². The predicted octanol–water partition coefficient (Wildman–Crippen LogP) is 2.44. The van der Waals surface area contributed by atoms with Crippen molar-refractivity contribution in [1.29, 1.82) is 0 Å². The van der Waals surface area contributed by atoms with Gasteiger partial charge in [-0.2, -0.15) is 0 Å². The van der Waals surface area contributed by atoms with Gasteiger partial charge in [-0.3, -0.25) is 0 Å². The van der Waals surface area contributed by atoms with Crippen LogP contribution in [0.1, 0.15) is 32.6 Å². The van der Waals surface area contributed by atoms with Gasteiger partial charge in [0.2, 0.25) is 0 Å². The molecule has 0 heterocycles. The zero-order valence-corrected chi connectivity index (χ0v) is 6.06. The molecule has 4 atom stereocenters. The Morgan fingerprint density at radius 2 is 2.11 bits per heavy atom. The van der Waals surface area contributed by atoms with Gasteiger partial charge in [0, 0.05) is 0 Å². The van der Waals surface area contributed by atoms with Crippen LogP contribution < -0.4 is 0 Å². The van der Waals surface area contributed by atoms with Gasteiger partial charge in [0.15, 0.2) is 0 Å². The molecule has 3 aliphatic rings. The average Bonchev–Trinajstić information content (AvgIpc) is 2.64. The van der Waals surface area contributed by atoms with Gasteiger partial charge in [-0.25, -0.2) is 0 Å². The molecule has 0 saturated heterocycles. The summed E-state index contributed by atoms with van der Waals surface area (Å²) in [6, 6.07) is 0. The van der Waals surface area contributed by atoms with Gasteiger partial charge in [-0.05, 0) is 42.4 Å². The first-order chi connectivity index (χ1) is 4.33. The maximum absolute atomic E-state index is 2.45. The van der Waals surface area contributed by atoms with E-state index in [4.69, 9.17) is 0 Å². The molecule has 9 heavy (non-hydrogen) atoms. The fourth-order valence-electron chi connectivity index (χ4n) is 3.28. The molecule has 0 N–H and O–H groups in total. The lowest BCUT2D eigenvalue weighted by Crippen LogP contribution is -2.06. The lowest BCUT2D eigenvalue weighted by Gasteiger charge is -2.14. The summed E-state index contributed by atoms with van der Waals surface area (Å²) in [4.78, 5) is 0. The van der Waals surface area contributed by atoms with Gasteiger partial charge in [-0.15, -0.1) is 0 Å². The third kappa shape index (κ3) is 0.395. The molecule has 0 nitrogen and oxygen atoms in total. The van der Waals surface area contributed by atoms with E-state index >= 15 is 0 Å². The Kier molecular flexibility index (Phi) is 0.574. The summed E-state index contributed by atoms with van der Waals surface area (Å²) in [5.41, 5.74) is 0.984. The van der Waals surface area contributed by atoms with E-state index in [1.165, 1.54) is 18.3 Å². The highest BCUT2D eigenvalue weighted by atomic mass is 14.8. The second-order valence-corrected chi connectivity index (χ2v) is 4.50. The molecule has 3 aliphatic carbocycles. The molecule has 3 saturated carbocycles. The van der Waals surface area contributed by atoms with Gasteiger partial charge in [0.1, 0.15) is 0 Å². The summed E-state index contributed by atoms with van der Waals surface area (Å²) in [5, 5.41) is 0. The third-order valence-electron chi connectivity index (χ3n) is 4.12. The van der Waals surface area contributed by atoms with E-state index in [2.05, 4.69) is 6.92 Å². The fourth-order valence-corrected chi connectivity index (χ4v) is 3.28. The van der Waals surface area contributed by atoms with Crippen LogP contribution in [0.4, 0.5) is 0 Å². The van der Waals surface area contributed by atoms with Gasteiger partial charge in [0.05, 0.1) is 0 Å². The second-order valence-electron chi connectivity index (χ2n) is 4.50. The van der Waals surface area contributed by atoms with E-state index in [1.54, 1.807) is 19.3 Å². The summed E-state index contributed by atoms with van der Waals surface area (Å²) in [6.45, 7) is 2.45. The summed E-state index contributed by atoms with van der Waals surface area (Å²) >= 11 is 0. The molecule has 4 unspecified atom stereocenters. The van der Waals surface area contributed by atoms with E-state index in [-0.39, 0.29) is 0 Å². The first-order valence-corrected chi connectivity index (χ1v) is 4.33. The first-order valence-electron chi connectivity index (χ1n) is 4.33. The van der Waals surface area contributed by atoms with Crippen LogP contribution in [0.3, 0.4) is 0 Å². The molecular formula is C9H14. The second kappa shape index (κ2) is 1.09. The van der Waals surface area contributed by atoms with Crippen molar-refractivity contribution in [3.05, 3.63) is 0 Å². The third-order valence-corrected chi connectivity index (χ3v) is 4.12. The van der Waals surface area contributed by atoms with Crippen LogP contribution in [0, 0.1) is 23.2 Å². The normalized spacial score (nSPS) is 68.3. The number of hydrogen-bond acceptors (Lipinski definition) is 0. The molecule has 1 spiro atoms.